The molecule has 0 aromatic rings. The van der Waals surface area contributed by atoms with Crippen molar-refractivity contribution in [2.75, 3.05) is 32.8 Å². The zero-order chi connectivity index (χ0) is 16.4. The van der Waals surface area contributed by atoms with E-state index < -0.39 is 0 Å². The molecule has 0 bridgehead atoms. The van der Waals surface area contributed by atoms with E-state index in [4.69, 9.17) is 9.47 Å². The lowest BCUT2D eigenvalue weighted by atomic mass is 9.96. The molecule has 0 aromatic carbocycles. The van der Waals surface area contributed by atoms with Gasteiger partial charge in [0.2, 0.25) is 5.91 Å². The highest BCUT2D eigenvalue weighted by Gasteiger charge is 2.27. The first kappa shape index (κ1) is 19.4. The minimum Gasteiger partial charge on any atom is -0.353 e. The van der Waals surface area contributed by atoms with E-state index in [0.717, 1.165) is 45.3 Å². The highest BCUT2D eigenvalue weighted by molar-refractivity contribution is 5.79. The summed E-state index contributed by atoms with van der Waals surface area (Å²) in [5.41, 5.74) is 0. The molecular formula is C17H34N2O3. The summed E-state index contributed by atoms with van der Waals surface area (Å²) in [6, 6.07) is 0.271. The van der Waals surface area contributed by atoms with E-state index in [9.17, 15) is 4.79 Å². The van der Waals surface area contributed by atoms with E-state index in [0.29, 0.717) is 13.2 Å². The van der Waals surface area contributed by atoms with Gasteiger partial charge in [0.05, 0.1) is 5.92 Å². The number of piperidine rings is 1. The number of rotatable bonds is 10. The maximum atomic E-state index is 12.4. The van der Waals surface area contributed by atoms with Gasteiger partial charge in [-0.25, -0.2) is 0 Å². The summed E-state index contributed by atoms with van der Waals surface area (Å²) in [7, 11) is 0. The van der Waals surface area contributed by atoms with E-state index in [2.05, 4.69) is 24.1 Å². The van der Waals surface area contributed by atoms with Gasteiger partial charge in [-0.3, -0.25) is 9.69 Å². The minimum absolute atomic E-state index is 0.0944. The lowest BCUT2D eigenvalue weighted by Gasteiger charge is -2.34. The first-order chi connectivity index (χ1) is 10.6. The van der Waals surface area contributed by atoms with Gasteiger partial charge in [-0.2, -0.15) is 0 Å². The van der Waals surface area contributed by atoms with Gasteiger partial charge < -0.3 is 14.8 Å². The van der Waals surface area contributed by atoms with Gasteiger partial charge >= 0.3 is 0 Å². The lowest BCUT2D eigenvalue weighted by Crippen LogP contribution is -2.47. The number of likely N-dealkylation sites (tertiary alicyclic amines) is 1. The van der Waals surface area contributed by atoms with E-state index >= 15 is 0 Å². The molecule has 1 fully saturated rings. The van der Waals surface area contributed by atoms with Gasteiger partial charge in [0.15, 0.2) is 6.29 Å². The van der Waals surface area contributed by atoms with Crippen LogP contribution in [0.3, 0.4) is 0 Å². The van der Waals surface area contributed by atoms with Crippen molar-refractivity contribution in [2.45, 2.75) is 65.7 Å². The molecule has 0 aliphatic carbocycles. The Hall–Kier alpha value is -0.650. The molecule has 0 saturated carbocycles. The van der Waals surface area contributed by atoms with Crippen LogP contribution >= 0.6 is 0 Å². The van der Waals surface area contributed by atoms with Crippen LogP contribution in [0.15, 0.2) is 0 Å². The smallest absolute Gasteiger partial charge is 0.224 e. The monoisotopic (exact) mass is 314 g/mol. The molecule has 130 valence electrons. The van der Waals surface area contributed by atoms with Crippen LogP contribution in [0.25, 0.3) is 0 Å². The largest absolute Gasteiger partial charge is 0.353 e. The SMILES string of the molecule is CCCC(C)NC(=O)C1CCCN(CC(OCC)OCC)C1. The van der Waals surface area contributed by atoms with Crippen LogP contribution in [0.4, 0.5) is 0 Å². The highest BCUT2D eigenvalue weighted by atomic mass is 16.7. The summed E-state index contributed by atoms with van der Waals surface area (Å²) in [6.07, 6.45) is 4.00. The lowest BCUT2D eigenvalue weighted by molar-refractivity contribution is -0.151. The highest BCUT2D eigenvalue weighted by Crippen LogP contribution is 2.18. The third-order valence-electron chi connectivity index (χ3n) is 4.10. The first-order valence-corrected chi connectivity index (χ1v) is 8.86. The number of carbonyl (C=O) groups is 1. The Kier molecular flexibility index (Phi) is 9.68. The van der Waals surface area contributed by atoms with E-state index in [1.165, 1.54) is 0 Å². The average Bonchev–Trinajstić information content (AvgIpc) is 2.48. The van der Waals surface area contributed by atoms with Crippen molar-refractivity contribution in [3.8, 4) is 0 Å². The molecule has 2 atom stereocenters. The van der Waals surface area contributed by atoms with E-state index in [1.54, 1.807) is 0 Å². The third-order valence-corrected chi connectivity index (χ3v) is 4.10. The van der Waals surface area contributed by atoms with Gasteiger partial charge in [-0.15, -0.1) is 0 Å². The van der Waals surface area contributed by atoms with Gasteiger partial charge in [-0.1, -0.05) is 13.3 Å². The Morgan fingerprint density at radius 3 is 2.55 bits per heavy atom. The Morgan fingerprint density at radius 1 is 1.27 bits per heavy atom. The van der Waals surface area contributed by atoms with Crippen LogP contribution in [0.1, 0.15) is 53.4 Å². The van der Waals surface area contributed by atoms with Crippen molar-refractivity contribution >= 4 is 5.91 Å². The summed E-state index contributed by atoms with van der Waals surface area (Å²) in [5, 5.41) is 3.15. The fourth-order valence-electron chi connectivity index (χ4n) is 3.04. The number of carbonyl (C=O) groups excluding carboxylic acids is 1. The second-order valence-corrected chi connectivity index (χ2v) is 6.14. The van der Waals surface area contributed by atoms with Crippen molar-refractivity contribution < 1.29 is 14.3 Å². The van der Waals surface area contributed by atoms with Gasteiger partial charge in [-0.05, 0) is 46.6 Å². The van der Waals surface area contributed by atoms with Crippen molar-refractivity contribution in [3.05, 3.63) is 0 Å². The van der Waals surface area contributed by atoms with E-state index in [1.807, 2.05) is 13.8 Å². The molecule has 2 unspecified atom stereocenters. The Balaban J connectivity index is 2.44. The van der Waals surface area contributed by atoms with Crippen LogP contribution in [0, 0.1) is 5.92 Å². The molecule has 1 aliphatic heterocycles. The molecule has 1 amide bonds. The van der Waals surface area contributed by atoms with E-state index in [-0.39, 0.29) is 24.2 Å². The zero-order valence-electron chi connectivity index (χ0n) is 14.8. The number of ether oxygens (including phenoxy) is 2. The van der Waals surface area contributed by atoms with Crippen LogP contribution in [-0.4, -0.2) is 56.0 Å². The molecule has 1 rings (SSSR count). The summed E-state index contributed by atoms with van der Waals surface area (Å²) < 4.78 is 11.2. The average molecular weight is 314 g/mol. The van der Waals surface area contributed by atoms with Crippen LogP contribution in [0.2, 0.25) is 0 Å². The molecule has 5 heteroatoms. The number of amides is 1. The van der Waals surface area contributed by atoms with Gasteiger partial charge in [0, 0.05) is 32.3 Å². The third kappa shape index (κ3) is 7.07. The molecule has 1 heterocycles. The number of hydrogen-bond acceptors (Lipinski definition) is 4. The minimum atomic E-state index is -0.184. The predicted octanol–water partition coefficient (Wildman–Crippen LogP) is 2.40. The number of hydrogen-bond donors (Lipinski definition) is 1. The Morgan fingerprint density at radius 2 is 1.95 bits per heavy atom. The molecule has 1 saturated heterocycles. The fourth-order valence-corrected chi connectivity index (χ4v) is 3.04. The Labute approximate surface area is 135 Å². The Bertz CT molecular complexity index is 306. The summed E-state index contributed by atoms with van der Waals surface area (Å²) in [4.78, 5) is 14.7. The summed E-state index contributed by atoms with van der Waals surface area (Å²) >= 11 is 0. The van der Waals surface area contributed by atoms with Crippen LogP contribution < -0.4 is 5.32 Å². The molecule has 1 aliphatic rings. The van der Waals surface area contributed by atoms with Gasteiger partial charge in [0.25, 0.3) is 0 Å². The number of nitrogens with zero attached hydrogens (tertiary/aromatic N) is 1. The molecule has 0 aromatic heterocycles. The molecule has 22 heavy (non-hydrogen) atoms. The standard InChI is InChI=1S/C17H34N2O3/c1-5-9-14(4)18-17(20)15-10-8-11-19(12-15)13-16(21-6-2)22-7-3/h14-16H,5-13H2,1-4H3,(H,18,20). The fraction of sp³-hybridized carbons (Fsp3) is 0.941. The second-order valence-electron chi connectivity index (χ2n) is 6.14. The predicted molar refractivity (Wildman–Crippen MR) is 88.7 cm³/mol. The first-order valence-electron chi connectivity index (χ1n) is 8.86. The van der Waals surface area contributed by atoms with Crippen LogP contribution in [0.5, 0.6) is 0 Å². The second kappa shape index (κ2) is 11.0. The molecule has 5 nitrogen and oxygen atoms in total. The van der Waals surface area contributed by atoms with Crippen molar-refractivity contribution in [2.24, 2.45) is 5.92 Å². The molecule has 0 spiro atoms. The maximum absolute atomic E-state index is 12.4. The zero-order valence-corrected chi connectivity index (χ0v) is 14.8. The summed E-state index contributed by atoms with van der Waals surface area (Å²) in [5.74, 6) is 0.298. The molecule has 0 radical (unpaired) electrons. The van der Waals surface area contributed by atoms with Crippen molar-refractivity contribution in [1.29, 1.82) is 0 Å². The number of nitrogens with one attached hydrogen (secondary N) is 1. The van der Waals surface area contributed by atoms with Gasteiger partial charge in [0.1, 0.15) is 0 Å². The quantitative estimate of drug-likeness (QED) is 0.629. The maximum Gasteiger partial charge on any atom is 0.224 e. The molecule has 1 N–H and O–H groups in total. The van der Waals surface area contributed by atoms with Crippen molar-refractivity contribution in [1.82, 2.24) is 10.2 Å². The molecular weight excluding hydrogens is 280 g/mol. The normalized spacial score (nSPS) is 21.0. The summed E-state index contributed by atoms with van der Waals surface area (Å²) in [6.45, 7) is 12.1. The van der Waals surface area contributed by atoms with Crippen LogP contribution in [-0.2, 0) is 14.3 Å². The van der Waals surface area contributed by atoms with Crippen molar-refractivity contribution in [3.63, 3.8) is 0 Å². The topological polar surface area (TPSA) is 50.8 Å².